The molecule has 0 bridgehead atoms. The van der Waals surface area contributed by atoms with Crippen LogP contribution in [-0.4, -0.2) is 48.8 Å². The fourth-order valence-corrected chi connectivity index (χ4v) is 1.93. The first kappa shape index (κ1) is 11.9. The Hall–Kier alpha value is -1.55. The molecule has 1 fully saturated rings. The van der Waals surface area contributed by atoms with Gasteiger partial charge in [0.2, 0.25) is 0 Å². The maximum atomic E-state index is 5.77. The minimum atomic E-state index is 0.787. The van der Waals surface area contributed by atoms with Crippen molar-refractivity contribution >= 4 is 11.4 Å². The van der Waals surface area contributed by atoms with E-state index in [0.717, 1.165) is 43.1 Å². The third-order valence-electron chi connectivity index (χ3n) is 3.08. The van der Waals surface area contributed by atoms with Crippen LogP contribution < -0.4 is 5.73 Å². The third kappa shape index (κ3) is 3.20. The lowest BCUT2D eigenvalue weighted by Crippen LogP contribution is -2.42. The monoisotopic (exact) mass is 232 g/mol. The van der Waals surface area contributed by atoms with Crippen molar-refractivity contribution in [2.45, 2.75) is 6.92 Å². The molecule has 0 aromatic heterocycles. The summed E-state index contributed by atoms with van der Waals surface area (Å²) in [4.78, 5) is 2.32. The zero-order chi connectivity index (χ0) is 12.3. The molecule has 0 spiro atoms. The number of hydrazone groups is 1. The van der Waals surface area contributed by atoms with Crippen LogP contribution in [0.4, 0.5) is 5.69 Å². The van der Waals surface area contributed by atoms with Crippen LogP contribution in [0.25, 0.3) is 0 Å². The second kappa shape index (κ2) is 5.19. The molecule has 2 N–H and O–H groups in total. The van der Waals surface area contributed by atoms with E-state index in [2.05, 4.69) is 22.1 Å². The van der Waals surface area contributed by atoms with E-state index in [1.54, 1.807) is 0 Å². The number of piperazine rings is 1. The second-order valence-electron chi connectivity index (χ2n) is 4.57. The van der Waals surface area contributed by atoms with Gasteiger partial charge < -0.3 is 10.6 Å². The Morgan fingerprint density at radius 2 is 1.94 bits per heavy atom. The number of nitrogens with two attached hydrogens (primary N) is 1. The molecule has 0 radical (unpaired) electrons. The number of rotatable bonds is 2. The molecule has 1 heterocycles. The first-order valence-electron chi connectivity index (χ1n) is 6.00. The molecule has 17 heavy (non-hydrogen) atoms. The highest BCUT2D eigenvalue weighted by Gasteiger charge is 2.12. The van der Waals surface area contributed by atoms with E-state index < -0.39 is 0 Å². The predicted octanol–water partition coefficient (Wildman–Crippen LogP) is 1.24. The number of anilines is 1. The van der Waals surface area contributed by atoms with Crippen LogP contribution in [0.15, 0.2) is 29.4 Å². The summed E-state index contributed by atoms with van der Waals surface area (Å²) >= 11 is 0. The number of hydrogen-bond acceptors (Lipinski definition) is 4. The smallest absolute Gasteiger partial charge is 0.0647 e. The Labute approximate surface area is 103 Å². The molecule has 0 atom stereocenters. The van der Waals surface area contributed by atoms with Gasteiger partial charge in [-0.3, -0.25) is 5.01 Å². The topological polar surface area (TPSA) is 44.9 Å². The lowest BCUT2D eigenvalue weighted by molar-refractivity contribution is 0.159. The molecule has 0 unspecified atom stereocenters. The van der Waals surface area contributed by atoms with Gasteiger partial charge in [0, 0.05) is 31.9 Å². The maximum Gasteiger partial charge on any atom is 0.0647 e. The highest BCUT2D eigenvalue weighted by molar-refractivity contribution is 5.99. The average Bonchev–Trinajstić information content (AvgIpc) is 2.32. The van der Waals surface area contributed by atoms with Gasteiger partial charge >= 0.3 is 0 Å². The third-order valence-corrected chi connectivity index (χ3v) is 3.08. The van der Waals surface area contributed by atoms with E-state index in [9.17, 15) is 0 Å². The van der Waals surface area contributed by atoms with Crippen molar-refractivity contribution in [3.63, 3.8) is 0 Å². The van der Waals surface area contributed by atoms with E-state index >= 15 is 0 Å². The predicted molar refractivity (Wildman–Crippen MR) is 72.1 cm³/mol. The molecule has 4 nitrogen and oxygen atoms in total. The number of nitrogen functional groups attached to an aromatic ring is 1. The number of benzene rings is 1. The summed E-state index contributed by atoms with van der Waals surface area (Å²) < 4.78 is 0. The molecule has 0 aliphatic carbocycles. The van der Waals surface area contributed by atoms with Crippen LogP contribution >= 0.6 is 0 Å². The Bertz CT molecular complexity index is 406. The van der Waals surface area contributed by atoms with Crippen LogP contribution in [0, 0.1) is 0 Å². The lowest BCUT2D eigenvalue weighted by atomic mass is 10.1. The molecular weight excluding hydrogens is 212 g/mol. The number of hydrogen-bond donors (Lipinski definition) is 1. The van der Waals surface area contributed by atoms with Crippen molar-refractivity contribution in [1.82, 2.24) is 9.91 Å². The lowest BCUT2D eigenvalue weighted by Gasteiger charge is -2.30. The van der Waals surface area contributed by atoms with Crippen molar-refractivity contribution in [3.8, 4) is 0 Å². The van der Waals surface area contributed by atoms with Crippen molar-refractivity contribution in [3.05, 3.63) is 29.8 Å². The normalized spacial score (nSPS) is 18.5. The van der Waals surface area contributed by atoms with Gasteiger partial charge in [-0.05, 0) is 31.7 Å². The van der Waals surface area contributed by atoms with E-state index in [1.165, 1.54) is 0 Å². The molecule has 1 aliphatic heterocycles. The van der Waals surface area contributed by atoms with Crippen LogP contribution in [0.5, 0.6) is 0 Å². The van der Waals surface area contributed by atoms with Gasteiger partial charge in [-0.1, -0.05) is 12.1 Å². The maximum absolute atomic E-state index is 5.77. The molecule has 0 amide bonds. The standard InChI is InChI=1S/C13H20N4/c1-11(12-4-3-5-13(14)10-12)15-17-8-6-16(2)7-9-17/h3-5,10H,6-9,14H2,1-2H3/b15-11+. The average molecular weight is 232 g/mol. The molecule has 92 valence electrons. The summed E-state index contributed by atoms with van der Waals surface area (Å²) in [6.45, 7) is 6.18. The minimum absolute atomic E-state index is 0.787. The van der Waals surface area contributed by atoms with Gasteiger partial charge in [0.1, 0.15) is 0 Å². The van der Waals surface area contributed by atoms with E-state index in [4.69, 9.17) is 5.73 Å². The number of nitrogens with zero attached hydrogens (tertiary/aromatic N) is 3. The fourth-order valence-electron chi connectivity index (χ4n) is 1.93. The molecule has 2 rings (SSSR count). The van der Waals surface area contributed by atoms with Crippen molar-refractivity contribution in [2.75, 3.05) is 39.0 Å². The fraction of sp³-hybridized carbons (Fsp3) is 0.462. The summed E-state index contributed by atoms with van der Waals surface area (Å²) in [7, 11) is 2.14. The van der Waals surface area contributed by atoms with Gasteiger partial charge in [0.15, 0.2) is 0 Å². The summed E-state index contributed by atoms with van der Waals surface area (Å²) in [6.07, 6.45) is 0. The van der Waals surface area contributed by atoms with E-state index in [-0.39, 0.29) is 0 Å². The molecular formula is C13H20N4. The second-order valence-corrected chi connectivity index (χ2v) is 4.57. The zero-order valence-electron chi connectivity index (χ0n) is 10.6. The molecule has 1 saturated heterocycles. The van der Waals surface area contributed by atoms with Crippen LogP contribution in [0.2, 0.25) is 0 Å². The highest BCUT2D eigenvalue weighted by Crippen LogP contribution is 2.09. The minimum Gasteiger partial charge on any atom is -0.399 e. The Balaban J connectivity index is 2.06. The zero-order valence-corrected chi connectivity index (χ0v) is 10.6. The van der Waals surface area contributed by atoms with Crippen LogP contribution in [0.3, 0.4) is 0 Å². The van der Waals surface area contributed by atoms with Crippen molar-refractivity contribution in [1.29, 1.82) is 0 Å². The van der Waals surface area contributed by atoms with E-state index in [0.29, 0.717) is 0 Å². The van der Waals surface area contributed by atoms with Crippen molar-refractivity contribution < 1.29 is 0 Å². The summed E-state index contributed by atoms with van der Waals surface area (Å²) in [6, 6.07) is 7.88. The van der Waals surface area contributed by atoms with Crippen LogP contribution in [-0.2, 0) is 0 Å². The molecule has 1 aromatic rings. The number of likely N-dealkylation sites (N-methyl/N-ethyl adjacent to an activating group) is 1. The summed E-state index contributed by atoms with van der Waals surface area (Å²) in [5.41, 5.74) is 8.69. The van der Waals surface area contributed by atoms with Gasteiger partial charge in [-0.2, -0.15) is 5.10 Å². The highest BCUT2D eigenvalue weighted by atomic mass is 15.5. The van der Waals surface area contributed by atoms with Crippen molar-refractivity contribution in [2.24, 2.45) is 5.10 Å². The van der Waals surface area contributed by atoms with Gasteiger partial charge in [0.25, 0.3) is 0 Å². The van der Waals surface area contributed by atoms with Gasteiger partial charge in [0.05, 0.1) is 5.71 Å². The molecule has 1 aromatic carbocycles. The first-order chi connectivity index (χ1) is 8.15. The molecule has 1 aliphatic rings. The largest absolute Gasteiger partial charge is 0.399 e. The van der Waals surface area contributed by atoms with Crippen LogP contribution in [0.1, 0.15) is 12.5 Å². The van der Waals surface area contributed by atoms with E-state index in [1.807, 2.05) is 31.2 Å². The molecule has 0 saturated carbocycles. The quantitative estimate of drug-likeness (QED) is 0.616. The SMILES string of the molecule is C/C(=N\N1CCN(C)CC1)c1cccc(N)c1. The summed E-state index contributed by atoms with van der Waals surface area (Å²) in [5.74, 6) is 0. The Morgan fingerprint density at radius 1 is 1.24 bits per heavy atom. The first-order valence-corrected chi connectivity index (χ1v) is 6.00. The summed E-state index contributed by atoms with van der Waals surface area (Å²) in [5, 5.41) is 6.79. The van der Waals surface area contributed by atoms with Gasteiger partial charge in [-0.15, -0.1) is 0 Å². The Kier molecular flexibility index (Phi) is 3.64. The Morgan fingerprint density at radius 3 is 2.59 bits per heavy atom. The molecule has 4 heteroatoms. The van der Waals surface area contributed by atoms with Gasteiger partial charge in [-0.25, -0.2) is 0 Å².